The Hall–Kier alpha value is -1.35. The number of hydrogen-bond donors (Lipinski definition) is 2. The molecule has 1 aliphatic rings. The van der Waals surface area contributed by atoms with Crippen molar-refractivity contribution in [3.63, 3.8) is 0 Å². The molecule has 0 amide bonds. The lowest BCUT2D eigenvalue weighted by Gasteiger charge is -2.38. The number of piperidine rings is 1. The summed E-state index contributed by atoms with van der Waals surface area (Å²) in [6.45, 7) is 10.2. The summed E-state index contributed by atoms with van der Waals surface area (Å²) < 4.78 is 0. The van der Waals surface area contributed by atoms with E-state index in [1.807, 2.05) is 12.1 Å². The van der Waals surface area contributed by atoms with E-state index >= 15 is 0 Å². The molecule has 1 aromatic carbocycles. The lowest BCUT2D eigenvalue weighted by atomic mass is 9.84. The SMILES string of the molecule is Cc1cc(C(=N)N)ccc1CN1CCCC(C)(C)C1. The highest BCUT2D eigenvalue weighted by molar-refractivity contribution is 5.95. The van der Waals surface area contributed by atoms with Crippen LogP contribution in [0.1, 0.15) is 43.4 Å². The zero-order chi connectivity index (χ0) is 14.0. The molecule has 0 atom stereocenters. The fourth-order valence-corrected chi connectivity index (χ4v) is 2.96. The number of rotatable bonds is 3. The average molecular weight is 259 g/mol. The number of likely N-dealkylation sites (tertiary alicyclic amines) is 1. The molecule has 0 radical (unpaired) electrons. The summed E-state index contributed by atoms with van der Waals surface area (Å²) in [7, 11) is 0. The number of nitrogens with two attached hydrogens (primary N) is 1. The predicted molar refractivity (Wildman–Crippen MR) is 80.5 cm³/mol. The Labute approximate surface area is 116 Å². The van der Waals surface area contributed by atoms with Crippen LogP contribution in [0.15, 0.2) is 18.2 Å². The summed E-state index contributed by atoms with van der Waals surface area (Å²) in [5.41, 5.74) is 9.36. The second-order valence-corrected chi connectivity index (χ2v) is 6.53. The van der Waals surface area contributed by atoms with E-state index in [9.17, 15) is 0 Å². The Balaban J connectivity index is 2.09. The second kappa shape index (κ2) is 5.33. The first kappa shape index (κ1) is 14.1. The minimum Gasteiger partial charge on any atom is -0.384 e. The molecule has 0 saturated carbocycles. The quantitative estimate of drug-likeness (QED) is 0.648. The van der Waals surface area contributed by atoms with Crippen LogP contribution in [0.2, 0.25) is 0 Å². The van der Waals surface area contributed by atoms with Gasteiger partial charge < -0.3 is 5.73 Å². The van der Waals surface area contributed by atoms with Crippen molar-refractivity contribution in [1.82, 2.24) is 4.90 Å². The molecule has 1 heterocycles. The van der Waals surface area contributed by atoms with Gasteiger partial charge in [0.05, 0.1) is 0 Å². The summed E-state index contributed by atoms with van der Waals surface area (Å²) in [6, 6.07) is 6.10. The van der Waals surface area contributed by atoms with Gasteiger partial charge in [-0.05, 0) is 48.9 Å². The molecule has 3 N–H and O–H groups in total. The molecule has 104 valence electrons. The third-order valence-corrected chi connectivity index (χ3v) is 4.03. The highest BCUT2D eigenvalue weighted by Crippen LogP contribution is 2.29. The topological polar surface area (TPSA) is 53.1 Å². The van der Waals surface area contributed by atoms with Gasteiger partial charge in [-0.3, -0.25) is 10.3 Å². The van der Waals surface area contributed by atoms with E-state index in [0.29, 0.717) is 5.41 Å². The van der Waals surface area contributed by atoms with E-state index in [0.717, 1.165) is 12.1 Å². The molecule has 1 aromatic rings. The molecular formula is C16H25N3. The van der Waals surface area contributed by atoms with Crippen LogP contribution in [0.5, 0.6) is 0 Å². The van der Waals surface area contributed by atoms with Crippen LogP contribution in [0.25, 0.3) is 0 Å². The molecule has 1 fully saturated rings. The maximum Gasteiger partial charge on any atom is 0.122 e. The van der Waals surface area contributed by atoms with E-state index in [4.69, 9.17) is 11.1 Å². The molecule has 1 saturated heterocycles. The van der Waals surface area contributed by atoms with Crippen LogP contribution >= 0.6 is 0 Å². The van der Waals surface area contributed by atoms with Crippen molar-refractivity contribution in [3.05, 3.63) is 34.9 Å². The lowest BCUT2D eigenvalue weighted by molar-refractivity contribution is 0.111. The fourth-order valence-electron chi connectivity index (χ4n) is 2.96. The monoisotopic (exact) mass is 259 g/mol. The normalized spacial score (nSPS) is 19.3. The number of nitrogens with zero attached hydrogens (tertiary/aromatic N) is 1. The molecule has 3 heteroatoms. The molecular weight excluding hydrogens is 234 g/mol. The molecule has 0 spiro atoms. The van der Waals surface area contributed by atoms with Crippen molar-refractivity contribution in [3.8, 4) is 0 Å². The fraction of sp³-hybridized carbons (Fsp3) is 0.562. The number of nitrogen functional groups attached to an aromatic ring is 1. The summed E-state index contributed by atoms with van der Waals surface area (Å²) in [4.78, 5) is 2.54. The molecule has 1 aliphatic heterocycles. The number of amidine groups is 1. The summed E-state index contributed by atoms with van der Waals surface area (Å²) >= 11 is 0. The minimum absolute atomic E-state index is 0.147. The molecule has 0 bridgehead atoms. The largest absolute Gasteiger partial charge is 0.384 e. The van der Waals surface area contributed by atoms with Gasteiger partial charge in [0.1, 0.15) is 5.84 Å². The minimum atomic E-state index is 0.147. The molecule has 2 rings (SSSR count). The smallest absolute Gasteiger partial charge is 0.122 e. The molecule has 0 aliphatic carbocycles. The average Bonchev–Trinajstić information content (AvgIpc) is 2.30. The first-order chi connectivity index (χ1) is 8.87. The van der Waals surface area contributed by atoms with E-state index in [1.54, 1.807) is 0 Å². The predicted octanol–water partition coefficient (Wildman–Crippen LogP) is 2.90. The standard InChI is InChI=1S/C16H25N3/c1-12-9-13(15(17)18)5-6-14(12)10-19-8-4-7-16(2,3)11-19/h5-6,9H,4,7-8,10-11H2,1-3H3,(H3,17,18). The number of nitrogens with one attached hydrogen (secondary N) is 1. The van der Waals surface area contributed by atoms with Gasteiger partial charge in [0, 0.05) is 18.7 Å². The summed E-state index contributed by atoms with van der Waals surface area (Å²) in [5, 5.41) is 7.47. The van der Waals surface area contributed by atoms with Gasteiger partial charge in [-0.25, -0.2) is 0 Å². The van der Waals surface area contributed by atoms with Crippen molar-refractivity contribution in [1.29, 1.82) is 5.41 Å². The van der Waals surface area contributed by atoms with Gasteiger partial charge in [0.25, 0.3) is 0 Å². The molecule has 19 heavy (non-hydrogen) atoms. The van der Waals surface area contributed by atoms with Crippen LogP contribution in [-0.4, -0.2) is 23.8 Å². The zero-order valence-corrected chi connectivity index (χ0v) is 12.3. The Kier molecular flexibility index (Phi) is 3.95. The highest BCUT2D eigenvalue weighted by atomic mass is 15.1. The Bertz CT molecular complexity index is 477. The Morgan fingerprint density at radius 2 is 2.16 bits per heavy atom. The van der Waals surface area contributed by atoms with Crippen LogP contribution in [0.3, 0.4) is 0 Å². The number of hydrogen-bond acceptors (Lipinski definition) is 2. The molecule has 3 nitrogen and oxygen atoms in total. The first-order valence-corrected chi connectivity index (χ1v) is 7.04. The van der Waals surface area contributed by atoms with E-state index < -0.39 is 0 Å². The van der Waals surface area contributed by atoms with Gasteiger partial charge >= 0.3 is 0 Å². The van der Waals surface area contributed by atoms with E-state index in [2.05, 4.69) is 31.7 Å². The maximum atomic E-state index is 7.47. The van der Waals surface area contributed by atoms with Gasteiger partial charge in [0.15, 0.2) is 0 Å². The Morgan fingerprint density at radius 1 is 1.42 bits per heavy atom. The van der Waals surface area contributed by atoms with Crippen LogP contribution in [0.4, 0.5) is 0 Å². The van der Waals surface area contributed by atoms with Crippen molar-refractivity contribution in [2.75, 3.05) is 13.1 Å². The molecule has 0 aromatic heterocycles. The van der Waals surface area contributed by atoms with Crippen molar-refractivity contribution >= 4 is 5.84 Å². The second-order valence-electron chi connectivity index (χ2n) is 6.53. The van der Waals surface area contributed by atoms with Crippen molar-refractivity contribution in [2.45, 2.75) is 40.2 Å². The third-order valence-electron chi connectivity index (χ3n) is 4.03. The Morgan fingerprint density at radius 3 is 2.74 bits per heavy atom. The van der Waals surface area contributed by atoms with Gasteiger partial charge in [0.2, 0.25) is 0 Å². The van der Waals surface area contributed by atoms with Crippen LogP contribution in [-0.2, 0) is 6.54 Å². The maximum absolute atomic E-state index is 7.47. The van der Waals surface area contributed by atoms with E-state index in [-0.39, 0.29) is 5.84 Å². The summed E-state index contributed by atoms with van der Waals surface area (Å²) in [6.07, 6.45) is 2.61. The van der Waals surface area contributed by atoms with Crippen LogP contribution in [0, 0.1) is 17.7 Å². The summed E-state index contributed by atoms with van der Waals surface area (Å²) in [5.74, 6) is 0.147. The number of aryl methyl sites for hydroxylation is 1. The van der Waals surface area contributed by atoms with Crippen LogP contribution < -0.4 is 5.73 Å². The molecule has 0 unspecified atom stereocenters. The zero-order valence-electron chi connectivity index (χ0n) is 12.3. The third kappa shape index (κ3) is 3.57. The van der Waals surface area contributed by atoms with E-state index in [1.165, 1.54) is 37.1 Å². The van der Waals surface area contributed by atoms with Gasteiger partial charge in [-0.1, -0.05) is 26.0 Å². The lowest BCUT2D eigenvalue weighted by Crippen LogP contribution is -2.39. The van der Waals surface area contributed by atoms with Gasteiger partial charge in [-0.2, -0.15) is 0 Å². The van der Waals surface area contributed by atoms with Crippen molar-refractivity contribution < 1.29 is 0 Å². The number of benzene rings is 1. The first-order valence-electron chi connectivity index (χ1n) is 7.04. The van der Waals surface area contributed by atoms with Crippen molar-refractivity contribution in [2.24, 2.45) is 11.1 Å². The van der Waals surface area contributed by atoms with Gasteiger partial charge in [-0.15, -0.1) is 0 Å². The highest BCUT2D eigenvalue weighted by Gasteiger charge is 2.26.